The monoisotopic (exact) mass is 374 g/mol. The Morgan fingerprint density at radius 2 is 1.38 bits per heavy atom. The van der Waals surface area contributed by atoms with E-state index in [1.807, 2.05) is 0 Å². The number of hydrogen-bond acceptors (Lipinski definition) is 5. The summed E-state index contributed by atoms with van der Waals surface area (Å²) in [5.74, 6) is 0. The van der Waals surface area contributed by atoms with E-state index >= 15 is 0 Å². The number of rotatable bonds is 17. The first kappa shape index (κ1) is 23.8. The molecule has 1 fully saturated rings. The van der Waals surface area contributed by atoms with Gasteiger partial charge in [-0.2, -0.15) is 0 Å². The molecule has 1 heterocycles. The fourth-order valence-electron chi connectivity index (χ4n) is 3.60. The second-order valence-electron chi connectivity index (χ2n) is 7.69. The van der Waals surface area contributed by atoms with Gasteiger partial charge in [-0.3, -0.25) is 0 Å². The summed E-state index contributed by atoms with van der Waals surface area (Å²) in [5.41, 5.74) is 0. The summed E-state index contributed by atoms with van der Waals surface area (Å²) in [6.07, 6.45) is 14.1. The zero-order valence-corrected chi connectivity index (χ0v) is 16.8. The topological polar surface area (TPSA) is 79.2 Å². The summed E-state index contributed by atoms with van der Waals surface area (Å²) in [4.78, 5) is 0. The van der Waals surface area contributed by atoms with E-state index in [4.69, 9.17) is 14.6 Å². The third-order valence-corrected chi connectivity index (χ3v) is 5.29. The van der Waals surface area contributed by atoms with Gasteiger partial charge in [-0.25, -0.2) is 0 Å². The van der Waals surface area contributed by atoms with Crippen molar-refractivity contribution >= 4 is 0 Å². The van der Waals surface area contributed by atoms with Crippen molar-refractivity contribution in [3.05, 3.63) is 0 Å². The fourth-order valence-corrected chi connectivity index (χ4v) is 3.60. The first-order valence-electron chi connectivity index (χ1n) is 10.9. The van der Waals surface area contributed by atoms with Gasteiger partial charge in [0.15, 0.2) is 0 Å². The maximum atomic E-state index is 9.86. The van der Waals surface area contributed by atoms with Crippen LogP contribution >= 0.6 is 0 Å². The Morgan fingerprint density at radius 1 is 0.885 bits per heavy atom. The second-order valence-corrected chi connectivity index (χ2v) is 7.69. The lowest BCUT2D eigenvalue weighted by atomic mass is 10.0. The Hall–Kier alpha value is -0.200. The SMILES string of the molecule is CCCCCCCCCCCCCCCO[C@H]1[C@@H]([C@H](O)CO)OC[C@@H]1O. The molecule has 1 aliphatic rings. The van der Waals surface area contributed by atoms with Crippen LogP contribution in [0.3, 0.4) is 0 Å². The average Bonchev–Trinajstić information content (AvgIpc) is 3.02. The summed E-state index contributed by atoms with van der Waals surface area (Å²) >= 11 is 0. The van der Waals surface area contributed by atoms with Crippen LogP contribution in [0.4, 0.5) is 0 Å². The number of hydrogen-bond donors (Lipinski definition) is 3. The zero-order chi connectivity index (χ0) is 19.0. The van der Waals surface area contributed by atoms with Crippen LogP contribution in [-0.4, -0.2) is 59.6 Å². The minimum absolute atomic E-state index is 0.158. The van der Waals surface area contributed by atoms with Gasteiger partial charge in [-0.05, 0) is 6.42 Å². The van der Waals surface area contributed by atoms with E-state index in [9.17, 15) is 10.2 Å². The molecule has 0 spiro atoms. The quantitative estimate of drug-likeness (QED) is 0.339. The molecule has 0 aromatic heterocycles. The van der Waals surface area contributed by atoms with Crippen LogP contribution in [0.1, 0.15) is 90.4 Å². The number of aliphatic hydroxyl groups is 3. The largest absolute Gasteiger partial charge is 0.394 e. The molecule has 26 heavy (non-hydrogen) atoms. The van der Waals surface area contributed by atoms with Gasteiger partial charge >= 0.3 is 0 Å². The van der Waals surface area contributed by atoms with Crippen LogP contribution in [0.2, 0.25) is 0 Å². The van der Waals surface area contributed by atoms with E-state index in [1.54, 1.807) is 0 Å². The molecular formula is C21H42O5. The third kappa shape index (κ3) is 10.2. The van der Waals surface area contributed by atoms with Gasteiger partial charge in [0.1, 0.15) is 24.4 Å². The van der Waals surface area contributed by atoms with E-state index in [-0.39, 0.29) is 13.2 Å². The molecule has 0 saturated carbocycles. The summed E-state index contributed by atoms with van der Waals surface area (Å²) in [7, 11) is 0. The van der Waals surface area contributed by atoms with Gasteiger partial charge in [0, 0.05) is 6.61 Å². The molecular weight excluding hydrogens is 332 g/mol. The highest BCUT2D eigenvalue weighted by Crippen LogP contribution is 2.21. The van der Waals surface area contributed by atoms with Gasteiger partial charge in [-0.15, -0.1) is 0 Å². The lowest BCUT2D eigenvalue weighted by molar-refractivity contribution is -0.0938. The Labute approximate surface area is 160 Å². The molecule has 156 valence electrons. The van der Waals surface area contributed by atoms with Crippen LogP contribution in [0.5, 0.6) is 0 Å². The Balaban J connectivity index is 1.88. The molecule has 5 nitrogen and oxygen atoms in total. The van der Waals surface area contributed by atoms with E-state index in [0.29, 0.717) is 6.61 Å². The molecule has 0 aromatic rings. The van der Waals surface area contributed by atoms with Crippen molar-refractivity contribution in [1.82, 2.24) is 0 Å². The van der Waals surface area contributed by atoms with Crippen molar-refractivity contribution in [3.8, 4) is 0 Å². The van der Waals surface area contributed by atoms with Crippen LogP contribution in [-0.2, 0) is 9.47 Å². The standard InChI is InChI=1S/C21H42O5/c1-2-3-4-5-6-7-8-9-10-11-12-13-14-15-25-21-19(24)17-26-20(21)18(23)16-22/h18-24H,2-17H2,1H3/t18-,19+,20-,21-/m1/s1. The molecule has 0 aromatic carbocycles. The van der Waals surface area contributed by atoms with Gasteiger partial charge < -0.3 is 24.8 Å². The van der Waals surface area contributed by atoms with Gasteiger partial charge in [0.25, 0.3) is 0 Å². The molecule has 1 saturated heterocycles. The Morgan fingerprint density at radius 3 is 1.88 bits per heavy atom. The van der Waals surface area contributed by atoms with Crippen molar-refractivity contribution < 1.29 is 24.8 Å². The van der Waals surface area contributed by atoms with E-state index in [0.717, 1.165) is 12.8 Å². The molecule has 1 rings (SSSR count). The molecule has 1 aliphatic heterocycles. The van der Waals surface area contributed by atoms with E-state index < -0.39 is 24.4 Å². The molecule has 0 radical (unpaired) electrons. The lowest BCUT2D eigenvalue weighted by Crippen LogP contribution is -2.42. The maximum Gasteiger partial charge on any atom is 0.114 e. The predicted octanol–water partition coefficient (Wildman–Crippen LogP) is 3.58. The smallest absolute Gasteiger partial charge is 0.114 e. The Kier molecular flexibility index (Phi) is 14.5. The van der Waals surface area contributed by atoms with E-state index in [2.05, 4.69) is 6.92 Å². The van der Waals surface area contributed by atoms with Crippen molar-refractivity contribution in [2.45, 2.75) is 115 Å². The second kappa shape index (κ2) is 15.8. The third-order valence-electron chi connectivity index (χ3n) is 5.29. The highest BCUT2D eigenvalue weighted by molar-refractivity contribution is 4.89. The minimum atomic E-state index is -0.996. The number of ether oxygens (including phenoxy) is 2. The molecule has 4 atom stereocenters. The molecule has 3 N–H and O–H groups in total. The number of aliphatic hydroxyl groups excluding tert-OH is 3. The first-order valence-corrected chi connectivity index (χ1v) is 10.9. The van der Waals surface area contributed by atoms with Crippen LogP contribution < -0.4 is 0 Å². The summed E-state index contributed by atoms with van der Waals surface area (Å²) in [6.45, 7) is 2.61. The molecule has 0 bridgehead atoms. The molecule has 0 amide bonds. The minimum Gasteiger partial charge on any atom is -0.394 e. The zero-order valence-electron chi connectivity index (χ0n) is 16.8. The van der Waals surface area contributed by atoms with Crippen LogP contribution in [0.25, 0.3) is 0 Å². The average molecular weight is 375 g/mol. The molecule has 5 heteroatoms. The van der Waals surface area contributed by atoms with E-state index in [1.165, 1.54) is 70.6 Å². The summed E-state index contributed by atoms with van der Waals surface area (Å²) in [5, 5.41) is 28.6. The van der Waals surface area contributed by atoms with Gasteiger partial charge in [-0.1, -0.05) is 84.0 Å². The summed E-state index contributed by atoms with van der Waals surface area (Å²) < 4.78 is 11.0. The summed E-state index contributed by atoms with van der Waals surface area (Å²) in [6, 6.07) is 0. The van der Waals surface area contributed by atoms with Crippen molar-refractivity contribution in [3.63, 3.8) is 0 Å². The van der Waals surface area contributed by atoms with Crippen molar-refractivity contribution in [2.24, 2.45) is 0 Å². The highest BCUT2D eigenvalue weighted by atomic mass is 16.6. The Bertz CT molecular complexity index is 313. The number of unbranched alkanes of at least 4 members (excludes halogenated alkanes) is 12. The van der Waals surface area contributed by atoms with Crippen LogP contribution in [0.15, 0.2) is 0 Å². The van der Waals surface area contributed by atoms with Gasteiger partial charge in [0.2, 0.25) is 0 Å². The molecule has 0 unspecified atom stereocenters. The molecule has 0 aliphatic carbocycles. The maximum absolute atomic E-state index is 9.86. The lowest BCUT2D eigenvalue weighted by Gasteiger charge is -2.23. The first-order chi connectivity index (χ1) is 12.7. The predicted molar refractivity (Wildman–Crippen MR) is 104 cm³/mol. The van der Waals surface area contributed by atoms with Gasteiger partial charge in [0.05, 0.1) is 13.2 Å². The van der Waals surface area contributed by atoms with Crippen molar-refractivity contribution in [1.29, 1.82) is 0 Å². The fraction of sp³-hybridized carbons (Fsp3) is 1.00. The normalized spacial score (nSPS) is 24.2. The highest BCUT2D eigenvalue weighted by Gasteiger charge is 2.40. The van der Waals surface area contributed by atoms with Crippen LogP contribution in [0, 0.1) is 0 Å². The van der Waals surface area contributed by atoms with Crippen molar-refractivity contribution in [2.75, 3.05) is 19.8 Å².